The van der Waals surface area contributed by atoms with Crippen molar-refractivity contribution in [2.45, 2.75) is 0 Å². The summed E-state index contributed by atoms with van der Waals surface area (Å²) >= 11 is 1.46. The van der Waals surface area contributed by atoms with E-state index in [9.17, 15) is 18.5 Å². The number of hydrogen-bond acceptors (Lipinski definition) is 5. The van der Waals surface area contributed by atoms with Crippen LogP contribution in [0, 0.1) is 10.1 Å². The van der Waals surface area contributed by atoms with E-state index < -0.39 is 20.8 Å². The molecule has 0 radical (unpaired) electrons. The highest BCUT2D eigenvalue weighted by atomic mass is 32.2. The van der Waals surface area contributed by atoms with E-state index in [-0.39, 0.29) is 0 Å². The average molecular weight is 212 g/mol. The third-order valence-corrected chi connectivity index (χ3v) is 4.15. The minimum atomic E-state index is -3.65. The zero-order chi connectivity index (χ0) is 9.19. The van der Waals surface area contributed by atoms with Gasteiger partial charge in [0, 0.05) is 17.2 Å². The first-order valence-corrected chi connectivity index (χ1v) is 5.96. The van der Waals surface area contributed by atoms with Crippen molar-refractivity contribution < 1.29 is 13.3 Å². The summed E-state index contributed by atoms with van der Waals surface area (Å²) in [4.78, 5) is 9.14. The highest BCUT2D eigenvalue weighted by Gasteiger charge is 2.29. The predicted molar refractivity (Wildman–Crippen MR) is 44.8 cm³/mol. The highest BCUT2D eigenvalue weighted by molar-refractivity contribution is 8.00. The van der Waals surface area contributed by atoms with Gasteiger partial charge in [0.1, 0.15) is 0 Å². The summed E-state index contributed by atoms with van der Waals surface area (Å²) in [6.45, 7) is 0.390. The lowest BCUT2D eigenvalue weighted by Crippen LogP contribution is -2.32. The van der Waals surface area contributed by atoms with Crippen LogP contribution < -0.4 is 0 Å². The first-order chi connectivity index (χ1) is 5.52. The fourth-order valence-corrected chi connectivity index (χ4v) is 3.42. The SMILES string of the molecule is O=[N+]([O-])CS(=O)(=O)N1CCSC1. The minimum Gasteiger partial charge on any atom is -0.263 e. The van der Waals surface area contributed by atoms with Crippen molar-refractivity contribution in [1.29, 1.82) is 0 Å². The van der Waals surface area contributed by atoms with Crippen LogP contribution in [0.1, 0.15) is 0 Å². The third kappa shape index (κ3) is 2.32. The Morgan fingerprint density at radius 1 is 1.58 bits per heavy atom. The van der Waals surface area contributed by atoms with E-state index >= 15 is 0 Å². The van der Waals surface area contributed by atoms with E-state index in [1.165, 1.54) is 11.8 Å². The second-order valence-corrected chi connectivity index (χ2v) is 5.30. The minimum absolute atomic E-state index is 0.343. The largest absolute Gasteiger partial charge is 0.315 e. The number of nitrogens with zero attached hydrogens (tertiary/aromatic N) is 2. The van der Waals surface area contributed by atoms with Gasteiger partial charge in [-0.1, -0.05) is 0 Å². The summed E-state index contributed by atoms with van der Waals surface area (Å²) in [5.41, 5.74) is 0. The van der Waals surface area contributed by atoms with E-state index in [2.05, 4.69) is 0 Å². The summed E-state index contributed by atoms with van der Waals surface area (Å²) in [5, 5.41) is 9.96. The monoisotopic (exact) mass is 212 g/mol. The first kappa shape index (κ1) is 9.75. The molecular formula is C4H8N2O4S2. The molecule has 0 saturated carbocycles. The summed E-state index contributed by atoms with van der Waals surface area (Å²) < 4.78 is 23.4. The van der Waals surface area contributed by atoms with Gasteiger partial charge in [-0.25, -0.2) is 8.42 Å². The van der Waals surface area contributed by atoms with Crippen molar-refractivity contribution in [2.24, 2.45) is 0 Å². The third-order valence-electron chi connectivity index (χ3n) is 1.38. The molecule has 8 heteroatoms. The molecule has 1 saturated heterocycles. The van der Waals surface area contributed by atoms with Crippen molar-refractivity contribution in [3.05, 3.63) is 10.1 Å². The van der Waals surface area contributed by atoms with Crippen molar-refractivity contribution in [1.82, 2.24) is 4.31 Å². The summed E-state index contributed by atoms with van der Waals surface area (Å²) in [7, 11) is -3.65. The van der Waals surface area contributed by atoms with Gasteiger partial charge in [0.15, 0.2) is 0 Å². The van der Waals surface area contributed by atoms with E-state index in [1.54, 1.807) is 0 Å². The summed E-state index contributed by atoms with van der Waals surface area (Å²) in [5.74, 6) is 0.0701. The smallest absolute Gasteiger partial charge is 0.263 e. The maximum Gasteiger partial charge on any atom is 0.315 e. The molecule has 70 valence electrons. The molecule has 0 aromatic carbocycles. The van der Waals surface area contributed by atoms with Gasteiger partial charge in [-0.2, -0.15) is 4.31 Å². The Morgan fingerprint density at radius 2 is 2.25 bits per heavy atom. The van der Waals surface area contributed by atoms with Crippen molar-refractivity contribution in [3.8, 4) is 0 Å². The second kappa shape index (κ2) is 3.58. The standard InChI is InChI=1S/C4H8N2O4S2/c7-6(8)4-12(9,10)5-1-2-11-3-5/h1-4H2. The molecule has 0 atom stereocenters. The van der Waals surface area contributed by atoms with E-state index in [1.807, 2.05) is 0 Å². The van der Waals surface area contributed by atoms with Gasteiger partial charge in [-0.3, -0.25) is 10.1 Å². The van der Waals surface area contributed by atoms with Gasteiger partial charge in [0.05, 0.1) is 5.88 Å². The van der Waals surface area contributed by atoms with Crippen molar-refractivity contribution >= 4 is 21.8 Å². The van der Waals surface area contributed by atoms with Crippen LogP contribution in [-0.4, -0.2) is 41.7 Å². The van der Waals surface area contributed by atoms with E-state index in [0.29, 0.717) is 12.4 Å². The maximum atomic E-state index is 11.1. The maximum absolute atomic E-state index is 11.1. The molecule has 0 amide bonds. The molecule has 0 spiro atoms. The fourth-order valence-electron chi connectivity index (χ4n) is 0.832. The molecule has 12 heavy (non-hydrogen) atoms. The Morgan fingerprint density at radius 3 is 2.67 bits per heavy atom. The second-order valence-electron chi connectivity index (χ2n) is 2.29. The zero-order valence-corrected chi connectivity index (χ0v) is 7.81. The van der Waals surface area contributed by atoms with Crippen LogP contribution in [0.15, 0.2) is 0 Å². The molecule has 1 heterocycles. The van der Waals surface area contributed by atoms with Gasteiger partial charge in [0.2, 0.25) is 0 Å². The highest BCUT2D eigenvalue weighted by Crippen LogP contribution is 2.17. The molecule has 0 aromatic heterocycles. The van der Waals surface area contributed by atoms with Crippen LogP contribution in [0.2, 0.25) is 0 Å². The lowest BCUT2D eigenvalue weighted by atomic mass is 10.8. The number of rotatable bonds is 3. The van der Waals surface area contributed by atoms with Crippen molar-refractivity contribution in [3.63, 3.8) is 0 Å². The average Bonchev–Trinajstić information content (AvgIpc) is 2.32. The van der Waals surface area contributed by atoms with Gasteiger partial charge in [0.25, 0.3) is 10.0 Å². The van der Waals surface area contributed by atoms with Crippen LogP contribution in [0.3, 0.4) is 0 Å². The number of thioether (sulfide) groups is 1. The number of hydrogen-bond donors (Lipinski definition) is 0. The topological polar surface area (TPSA) is 80.5 Å². The Hall–Kier alpha value is -0.340. The quantitative estimate of drug-likeness (QED) is 0.468. The molecule has 1 fully saturated rings. The molecule has 6 nitrogen and oxygen atoms in total. The molecule has 0 aromatic rings. The van der Waals surface area contributed by atoms with E-state index in [4.69, 9.17) is 0 Å². The molecule has 0 unspecified atom stereocenters. The summed E-state index contributed by atoms with van der Waals surface area (Å²) in [6.07, 6.45) is 0. The van der Waals surface area contributed by atoms with Gasteiger partial charge >= 0.3 is 5.88 Å². The molecule has 0 aliphatic carbocycles. The molecular weight excluding hydrogens is 204 g/mol. The predicted octanol–water partition coefficient (Wildman–Crippen LogP) is -0.443. The van der Waals surface area contributed by atoms with Crippen LogP contribution in [0.4, 0.5) is 0 Å². The van der Waals surface area contributed by atoms with Gasteiger partial charge < -0.3 is 0 Å². The normalized spacial score (nSPS) is 19.7. The molecule has 0 bridgehead atoms. The molecule has 1 aliphatic rings. The molecule has 1 aliphatic heterocycles. The Balaban J connectivity index is 2.64. The lowest BCUT2D eigenvalue weighted by Gasteiger charge is -2.10. The van der Waals surface area contributed by atoms with Gasteiger partial charge in [-0.05, 0) is 0 Å². The zero-order valence-electron chi connectivity index (χ0n) is 6.17. The van der Waals surface area contributed by atoms with Crippen LogP contribution in [-0.2, 0) is 10.0 Å². The van der Waals surface area contributed by atoms with Crippen molar-refractivity contribution in [2.75, 3.05) is 24.1 Å². The Bertz CT molecular complexity index is 269. The first-order valence-electron chi connectivity index (χ1n) is 3.20. The number of nitro groups is 1. The lowest BCUT2D eigenvalue weighted by molar-refractivity contribution is -0.459. The van der Waals surface area contributed by atoms with E-state index in [0.717, 1.165) is 10.1 Å². The fraction of sp³-hybridized carbons (Fsp3) is 1.00. The van der Waals surface area contributed by atoms with Crippen LogP contribution in [0.5, 0.6) is 0 Å². The van der Waals surface area contributed by atoms with Crippen LogP contribution in [0.25, 0.3) is 0 Å². The Kier molecular flexibility index (Phi) is 2.91. The Labute approximate surface area is 74.1 Å². The van der Waals surface area contributed by atoms with Crippen LogP contribution >= 0.6 is 11.8 Å². The number of sulfonamides is 1. The molecule has 0 N–H and O–H groups in total. The summed E-state index contributed by atoms with van der Waals surface area (Å²) in [6, 6.07) is 0. The molecule has 1 rings (SSSR count). The van der Waals surface area contributed by atoms with Gasteiger partial charge in [-0.15, -0.1) is 11.8 Å².